The van der Waals surface area contributed by atoms with Crippen molar-refractivity contribution in [3.05, 3.63) is 29.6 Å². The Labute approximate surface area is 114 Å². The van der Waals surface area contributed by atoms with Crippen LogP contribution in [0.3, 0.4) is 0 Å². The molecule has 7 heteroatoms. The van der Waals surface area contributed by atoms with E-state index in [1.54, 1.807) is 0 Å². The van der Waals surface area contributed by atoms with Crippen LogP contribution in [0.2, 0.25) is 0 Å². The first-order valence-electron chi connectivity index (χ1n) is 6.04. The maximum atomic E-state index is 13.5. The highest BCUT2D eigenvalue weighted by Crippen LogP contribution is 2.21. The normalized spacial score (nSPS) is 13.3. The van der Waals surface area contributed by atoms with E-state index in [1.165, 1.54) is 19.1 Å². The van der Waals surface area contributed by atoms with Gasteiger partial charge in [0.1, 0.15) is 18.2 Å². The van der Waals surface area contributed by atoms with E-state index in [2.05, 4.69) is 4.74 Å². The number of benzene rings is 1. The molecule has 0 unspecified atom stereocenters. The molecule has 1 aromatic carbocycles. The van der Waals surface area contributed by atoms with Crippen molar-refractivity contribution in [2.24, 2.45) is 0 Å². The van der Waals surface area contributed by atoms with Crippen LogP contribution in [0, 0.1) is 5.82 Å². The second kappa shape index (κ2) is 7.44. The lowest BCUT2D eigenvalue weighted by Crippen LogP contribution is -2.18. The van der Waals surface area contributed by atoms with Gasteiger partial charge in [-0.3, -0.25) is 0 Å². The number of ether oxygens (including phenoxy) is 2. The van der Waals surface area contributed by atoms with Gasteiger partial charge in [-0.25, -0.2) is 4.39 Å². The minimum atomic E-state index is -4.33. The van der Waals surface area contributed by atoms with Gasteiger partial charge in [0.2, 0.25) is 0 Å². The Balaban J connectivity index is 2.27. The van der Waals surface area contributed by atoms with E-state index in [0.717, 1.165) is 6.07 Å². The van der Waals surface area contributed by atoms with Gasteiger partial charge in [-0.05, 0) is 19.1 Å². The first kappa shape index (κ1) is 16.7. The zero-order valence-corrected chi connectivity index (χ0v) is 10.9. The fourth-order valence-corrected chi connectivity index (χ4v) is 1.48. The third-order valence-corrected chi connectivity index (χ3v) is 2.39. The van der Waals surface area contributed by atoms with Crippen molar-refractivity contribution in [1.82, 2.24) is 0 Å². The zero-order valence-electron chi connectivity index (χ0n) is 10.9. The molecule has 0 aliphatic rings. The van der Waals surface area contributed by atoms with Crippen molar-refractivity contribution in [3.63, 3.8) is 0 Å². The van der Waals surface area contributed by atoms with Gasteiger partial charge < -0.3 is 14.6 Å². The quantitative estimate of drug-likeness (QED) is 0.620. The van der Waals surface area contributed by atoms with E-state index in [-0.39, 0.29) is 30.9 Å². The third-order valence-electron chi connectivity index (χ3n) is 2.39. The van der Waals surface area contributed by atoms with Crippen molar-refractivity contribution in [2.75, 3.05) is 19.8 Å². The van der Waals surface area contributed by atoms with Crippen LogP contribution in [-0.4, -0.2) is 31.1 Å². The van der Waals surface area contributed by atoms with E-state index >= 15 is 0 Å². The Bertz CT molecular complexity index is 419. The summed E-state index contributed by atoms with van der Waals surface area (Å²) in [6.45, 7) is 0.181. The molecule has 1 aromatic rings. The fraction of sp³-hybridized carbons (Fsp3) is 0.538. The summed E-state index contributed by atoms with van der Waals surface area (Å²) in [6, 6.07) is 4.01. The fourth-order valence-electron chi connectivity index (χ4n) is 1.48. The molecule has 0 heterocycles. The highest BCUT2D eigenvalue weighted by Gasteiger charge is 2.27. The summed E-state index contributed by atoms with van der Waals surface area (Å²) >= 11 is 0. The van der Waals surface area contributed by atoms with Gasteiger partial charge in [-0.15, -0.1) is 0 Å². The largest absolute Gasteiger partial charge is 0.493 e. The maximum absolute atomic E-state index is 13.5. The highest BCUT2D eigenvalue weighted by molar-refractivity contribution is 5.29. The molecule has 0 aliphatic carbocycles. The maximum Gasteiger partial charge on any atom is 0.411 e. The lowest BCUT2D eigenvalue weighted by Gasteiger charge is -2.10. The van der Waals surface area contributed by atoms with Crippen LogP contribution in [0.5, 0.6) is 5.75 Å². The smallest absolute Gasteiger partial charge is 0.411 e. The van der Waals surface area contributed by atoms with Gasteiger partial charge in [-0.2, -0.15) is 13.2 Å². The third kappa shape index (κ3) is 6.21. The second-order valence-electron chi connectivity index (χ2n) is 4.23. The number of hydrogen-bond acceptors (Lipinski definition) is 3. The van der Waals surface area contributed by atoms with Crippen molar-refractivity contribution >= 4 is 0 Å². The number of aliphatic hydroxyl groups excluding tert-OH is 1. The van der Waals surface area contributed by atoms with Crippen molar-refractivity contribution in [1.29, 1.82) is 0 Å². The van der Waals surface area contributed by atoms with Crippen molar-refractivity contribution in [3.8, 4) is 5.75 Å². The van der Waals surface area contributed by atoms with Crippen LogP contribution in [0.1, 0.15) is 25.0 Å². The molecule has 0 saturated carbocycles. The zero-order chi connectivity index (χ0) is 15.2. The number of halogens is 4. The molecular weight excluding hydrogens is 280 g/mol. The molecule has 20 heavy (non-hydrogen) atoms. The number of hydrogen-bond donors (Lipinski definition) is 1. The summed E-state index contributed by atoms with van der Waals surface area (Å²) in [7, 11) is 0. The Morgan fingerprint density at radius 1 is 1.25 bits per heavy atom. The average molecular weight is 296 g/mol. The van der Waals surface area contributed by atoms with E-state index in [1.807, 2.05) is 0 Å². The summed E-state index contributed by atoms with van der Waals surface area (Å²) in [5, 5.41) is 9.25. The number of aliphatic hydroxyl groups is 1. The summed E-state index contributed by atoms with van der Waals surface area (Å²) in [5.41, 5.74) is 0.158. The molecule has 0 amide bonds. The summed E-state index contributed by atoms with van der Waals surface area (Å²) in [6.07, 6.45) is -4.99. The molecule has 0 aliphatic heterocycles. The standard InChI is InChI=1S/C13H16F4O3/c1-9(18)11-4-3-10(7-12(11)14)20-6-2-5-19-8-13(15,16)17/h3-4,7,9,18H,2,5-6,8H2,1H3/t9-/m0/s1. The molecule has 114 valence electrons. The topological polar surface area (TPSA) is 38.7 Å². The Morgan fingerprint density at radius 2 is 1.95 bits per heavy atom. The van der Waals surface area contributed by atoms with E-state index < -0.39 is 24.7 Å². The predicted octanol–water partition coefficient (Wildman–Crippen LogP) is 3.23. The molecule has 0 radical (unpaired) electrons. The first-order valence-corrected chi connectivity index (χ1v) is 6.04. The lowest BCUT2D eigenvalue weighted by atomic mass is 10.1. The molecule has 1 N–H and O–H groups in total. The molecule has 0 aromatic heterocycles. The Morgan fingerprint density at radius 3 is 2.50 bits per heavy atom. The Kier molecular flexibility index (Phi) is 6.22. The summed E-state index contributed by atoms with van der Waals surface area (Å²) in [5.74, 6) is -0.339. The summed E-state index contributed by atoms with van der Waals surface area (Å²) in [4.78, 5) is 0. The van der Waals surface area contributed by atoms with Gasteiger partial charge in [0.05, 0.1) is 19.3 Å². The van der Waals surface area contributed by atoms with Gasteiger partial charge >= 0.3 is 6.18 Å². The molecule has 0 fully saturated rings. The van der Waals surface area contributed by atoms with Crippen LogP contribution >= 0.6 is 0 Å². The van der Waals surface area contributed by atoms with Crippen LogP contribution < -0.4 is 4.74 Å². The molecule has 0 spiro atoms. The minimum Gasteiger partial charge on any atom is -0.493 e. The van der Waals surface area contributed by atoms with Gasteiger partial charge in [0.25, 0.3) is 0 Å². The van der Waals surface area contributed by atoms with Crippen molar-refractivity contribution in [2.45, 2.75) is 25.6 Å². The molecule has 1 rings (SSSR count). The van der Waals surface area contributed by atoms with E-state index in [0.29, 0.717) is 0 Å². The Hall–Kier alpha value is -1.34. The van der Waals surface area contributed by atoms with Crippen LogP contribution in [0.25, 0.3) is 0 Å². The molecule has 0 bridgehead atoms. The van der Waals surface area contributed by atoms with E-state index in [9.17, 15) is 22.7 Å². The van der Waals surface area contributed by atoms with Crippen molar-refractivity contribution < 1.29 is 32.1 Å². The van der Waals surface area contributed by atoms with Crippen LogP contribution in [0.15, 0.2) is 18.2 Å². The van der Waals surface area contributed by atoms with E-state index in [4.69, 9.17) is 4.74 Å². The average Bonchev–Trinajstić information content (AvgIpc) is 2.32. The minimum absolute atomic E-state index is 0.0895. The molecule has 1 atom stereocenters. The predicted molar refractivity (Wildman–Crippen MR) is 64.0 cm³/mol. The monoisotopic (exact) mass is 296 g/mol. The highest BCUT2D eigenvalue weighted by atomic mass is 19.4. The summed E-state index contributed by atoms with van der Waals surface area (Å²) < 4.78 is 58.3. The number of alkyl halides is 3. The molecule has 3 nitrogen and oxygen atoms in total. The number of rotatable bonds is 7. The van der Waals surface area contributed by atoms with Crippen LogP contribution in [-0.2, 0) is 4.74 Å². The lowest BCUT2D eigenvalue weighted by molar-refractivity contribution is -0.174. The van der Waals surface area contributed by atoms with Gasteiger partial charge in [0, 0.05) is 18.1 Å². The van der Waals surface area contributed by atoms with Gasteiger partial charge in [-0.1, -0.05) is 0 Å². The van der Waals surface area contributed by atoms with Gasteiger partial charge in [0.15, 0.2) is 0 Å². The van der Waals surface area contributed by atoms with Crippen LogP contribution in [0.4, 0.5) is 17.6 Å². The SMILES string of the molecule is C[C@H](O)c1ccc(OCCCOCC(F)(F)F)cc1F. The first-order chi connectivity index (χ1) is 9.29. The molecular formula is C13H16F4O3. The second-order valence-corrected chi connectivity index (χ2v) is 4.23. The molecule has 0 saturated heterocycles.